The van der Waals surface area contributed by atoms with E-state index in [4.69, 9.17) is 26.8 Å². The van der Waals surface area contributed by atoms with Crippen molar-refractivity contribution < 1.29 is 24.2 Å². The first-order chi connectivity index (χ1) is 20.0. The normalized spacial score (nSPS) is 15.2. The van der Waals surface area contributed by atoms with Gasteiger partial charge in [0.2, 0.25) is 5.91 Å². The van der Waals surface area contributed by atoms with Crippen LogP contribution in [0.5, 0.6) is 11.5 Å². The van der Waals surface area contributed by atoms with Crippen LogP contribution in [0.2, 0.25) is 5.02 Å². The lowest BCUT2D eigenvalue weighted by Crippen LogP contribution is -2.44. The van der Waals surface area contributed by atoms with Crippen molar-refractivity contribution in [3.63, 3.8) is 0 Å². The Morgan fingerprint density at radius 3 is 2.76 bits per heavy atom. The standard InChI is InChI=1S/C28H30ClN7O6/c1-14-13-42-6-5-36(14)22-9-20(19(29)10-31-22)33-23(37)12-35-11-18(24-27(35)32-15(2)34(3)28(24)40)16-7-17(26(30)39)25(38)21(8-16)41-4/h7-11,14,38H,5-6,12-13H2,1-4H3,(H2,30,39)(H,31,33,37)/t14-/m0/s1. The van der Waals surface area contributed by atoms with Crippen LogP contribution < -0.4 is 26.2 Å². The second-order valence-corrected chi connectivity index (χ2v) is 10.4. The summed E-state index contributed by atoms with van der Waals surface area (Å²) in [7, 11) is 2.92. The second-order valence-electron chi connectivity index (χ2n) is 10.0. The average molecular weight is 596 g/mol. The lowest BCUT2D eigenvalue weighted by atomic mass is 10.0. The van der Waals surface area contributed by atoms with E-state index in [9.17, 15) is 19.5 Å². The van der Waals surface area contributed by atoms with Crippen LogP contribution in [0.15, 0.2) is 35.4 Å². The maximum absolute atomic E-state index is 13.4. The van der Waals surface area contributed by atoms with E-state index in [1.807, 2.05) is 6.92 Å². The fraction of sp³-hybridized carbons (Fsp3) is 0.321. The number of rotatable bonds is 7. The molecule has 3 aromatic heterocycles. The molecule has 1 aromatic carbocycles. The number of hydrogen-bond donors (Lipinski definition) is 3. The molecular formula is C28H30ClN7O6. The fourth-order valence-corrected chi connectivity index (χ4v) is 5.11. The maximum Gasteiger partial charge on any atom is 0.263 e. The maximum atomic E-state index is 13.4. The van der Waals surface area contributed by atoms with Gasteiger partial charge in [-0.25, -0.2) is 9.97 Å². The van der Waals surface area contributed by atoms with E-state index in [-0.39, 0.29) is 45.5 Å². The van der Waals surface area contributed by atoms with Gasteiger partial charge in [-0.15, -0.1) is 0 Å². The molecule has 5 rings (SSSR count). The first kappa shape index (κ1) is 28.9. The predicted molar refractivity (Wildman–Crippen MR) is 157 cm³/mol. The number of carbonyl (C=O) groups is 2. The molecule has 0 spiro atoms. The van der Waals surface area contributed by atoms with E-state index >= 15 is 0 Å². The number of carbonyl (C=O) groups excluding carboxylic acids is 2. The number of aryl methyl sites for hydroxylation is 1. The minimum Gasteiger partial charge on any atom is -0.504 e. The number of pyridine rings is 1. The Hall–Kier alpha value is -4.62. The molecule has 14 heteroatoms. The third kappa shape index (κ3) is 5.23. The van der Waals surface area contributed by atoms with Crippen LogP contribution in [0.4, 0.5) is 11.5 Å². The summed E-state index contributed by atoms with van der Waals surface area (Å²) in [5.41, 5.74) is 6.32. The van der Waals surface area contributed by atoms with Crippen LogP contribution in [-0.2, 0) is 23.1 Å². The summed E-state index contributed by atoms with van der Waals surface area (Å²) in [6, 6.07) is 4.66. The highest BCUT2D eigenvalue weighted by molar-refractivity contribution is 6.33. The van der Waals surface area contributed by atoms with Crippen molar-refractivity contribution in [2.75, 3.05) is 37.1 Å². The molecular weight excluding hydrogens is 566 g/mol. The van der Waals surface area contributed by atoms with Crippen LogP contribution in [-0.4, -0.2) is 68.9 Å². The summed E-state index contributed by atoms with van der Waals surface area (Å²) in [5, 5.41) is 13.7. The van der Waals surface area contributed by atoms with E-state index in [1.165, 1.54) is 34.6 Å². The second kappa shape index (κ2) is 11.3. The SMILES string of the molecule is COc1cc(-c2cn(CC(=O)Nc3cc(N4CCOC[C@@H]4C)ncc3Cl)c3nc(C)n(C)c(=O)c23)cc(C(N)=O)c1O. The topological polar surface area (TPSA) is 167 Å². The molecule has 2 amide bonds. The quantitative estimate of drug-likeness (QED) is 0.291. The van der Waals surface area contributed by atoms with Gasteiger partial charge in [-0.05, 0) is 31.5 Å². The number of amides is 2. The number of benzene rings is 1. The molecule has 1 aliphatic heterocycles. The molecule has 4 aromatic rings. The number of phenols is 1. The molecule has 0 saturated carbocycles. The summed E-state index contributed by atoms with van der Waals surface area (Å²) >= 11 is 6.38. The van der Waals surface area contributed by atoms with Gasteiger partial charge in [-0.1, -0.05) is 11.6 Å². The van der Waals surface area contributed by atoms with Crippen molar-refractivity contribution in [1.82, 2.24) is 19.1 Å². The molecule has 1 atom stereocenters. The predicted octanol–water partition coefficient (Wildman–Crippen LogP) is 2.44. The first-order valence-corrected chi connectivity index (χ1v) is 13.4. The number of nitrogens with one attached hydrogen (secondary N) is 1. The Morgan fingerprint density at radius 2 is 2.07 bits per heavy atom. The Bertz CT molecular complexity index is 1780. The number of ether oxygens (including phenoxy) is 2. The van der Waals surface area contributed by atoms with Crippen LogP contribution in [0.3, 0.4) is 0 Å². The number of aromatic hydroxyl groups is 1. The fourth-order valence-electron chi connectivity index (χ4n) is 4.96. The van der Waals surface area contributed by atoms with Crippen LogP contribution in [0.1, 0.15) is 23.1 Å². The van der Waals surface area contributed by atoms with Gasteiger partial charge in [0, 0.05) is 31.4 Å². The smallest absolute Gasteiger partial charge is 0.263 e. The summed E-state index contributed by atoms with van der Waals surface area (Å²) in [5.74, 6) is -0.632. The summed E-state index contributed by atoms with van der Waals surface area (Å²) < 4.78 is 13.7. The van der Waals surface area contributed by atoms with Gasteiger partial charge in [-0.3, -0.25) is 19.0 Å². The molecule has 0 unspecified atom stereocenters. The molecule has 1 aliphatic rings. The van der Waals surface area contributed by atoms with Gasteiger partial charge in [0.15, 0.2) is 11.5 Å². The molecule has 1 saturated heterocycles. The number of methoxy groups -OCH3 is 1. The number of primary amides is 1. The zero-order valence-electron chi connectivity index (χ0n) is 23.5. The Labute approximate surface area is 245 Å². The monoisotopic (exact) mass is 595 g/mol. The summed E-state index contributed by atoms with van der Waals surface area (Å²) in [6.07, 6.45) is 3.07. The van der Waals surface area contributed by atoms with Gasteiger partial charge < -0.3 is 35.1 Å². The number of aromatic nitrogens is 4. The number of morpholine rings is 1. The number of nitrogens with two attached hydrogens (primary N) is 1. The minimum atomic E-state index is -0.877. The highest BCUT2D eigenvalue weighted by atomic mass is 35.5. The van der Waals surface area contributed by atoms with Crippen molar-refractivity contribution in [2.45, 2.75) is 26.4 Å². The number of halogens is 1. The third-order valence-corrected chi connectivity index (χ3v) is 7.58. The highest BCUT2D eigenvalue weighted by Crippen LogP contribution is 2.37. The van der Waals surface area contributed by atoms with Crippen molar-refractivity contribution in [3.8, 4) is 22.6 Å². The van der Waals surface area contributed by atoms with Crippen molar-refractivity contribution >= 4 is 46.0 Å². The third-order valence-electron chi connectivity index (χ3n) is 7.28. The molecule has 4 heterocycles. The van der Waals surface area contributed by atoms with Gasteiger partial charge in [0.1, 0.15) is 23.8 Å². The molecule has 42 heavy (non-hydrogen) atoms. The molecule has 0 bridgehead atoms. The van der Waals surface area contributed by atoms with Crippen LogP contribution in [0, 0.1) is 6.92 Å². The summed E-state index contributed by atoms with van der Waals surface area (Å²) in [6.45, 7) is 5.28. The van der Waals surface area contributed by atoms with Crippen LogP contribution >= 0.6 is 11.6 Å². The largest absolute Gasteiger partial charge is 0.504 e. The molecule has 1 fully saturated rings. The zero-order chi connectivity index (χ0) is 30.3. The highest BCUT2D eigenvalue weighted by Gasteiger charge is 2.24. The van der Waals surface area contributed by atoms with Gasteiger partial charge >= 0.3 is 0 Å². The Balaban J connectivity index is 1.54. The zero-order valence-corrected chi connectivity index (χ0v) is 24.2. The Morgan fingerprint density at radius 1 is 1.31 bits per heavy atom. The molecule has 220 valence electrons. The summed E-state index contributed by atoms with van der Waals surface area (Å²) in [4.78, 5) is 49.9. The van der Waals surface area contributed by atoms with Gasteiger partial charge in [0.05, 0.1) is 54.2 Å². The van der Waals surface area contributed by atoms with Gasteiger partial charge in [0.25, 0.3) is 11.5 Å². The average Bonchev–Trinajstić information content (AvgIpc) is 3.30. The van der Waals surface area contributed by atoms with E-state index < -0.39 is 17.6 Å². The molecule has 0 aliphatic carbocycles. The minimum absolute atomic E-state index is 0.00504. The molecule has 0 radical (unpaired) electrons. The van der Waals surface area contributed by atoms with Crippen LogP contribution in [0.25, 0.3) is 22.2 Å². The number of nitrogens with zero attached hydrogens (tertiary/aromatic N) is 5. The lowest BCUT2D eigenvalue weighted by Gasteiger charge is -2.34. The number of fused-ring (bicyclic) bond motifs is 1. The van der Waals surface area contributed by atoms with Crippen molar-refractivity contribution in [3.05, 3.63) is 57.4 Å². The van der Waals surface area contributed by atoms with E-state index in [0.29, 0.717) is 48.2 Å². The van der Waals surface area contributed by atoms with Crippen molar-refractivity contribution in [1.29, 1.82) is 0 Å². The van der Waals surface area contributed by atoms with E-state index in [0.717, 1.165) is 0 Å². The lowest BCUT2D eigenvalue weighted by molar-refractivity contribution is -0.116. The van der Waals surface area contributed by atoms with Crippen molar-refractivity contribution in [2.24, 2.45) is 12.8 Å². The van der Waals surface area contributed by atoms with E-state index in [1.54, 1.807) is 26.2 Å². The molecule has 13 nitrogen and oxygen atoms in total. The molecule has 4 N–H and O–H groups in total. The Kier molecular flexibility index (Phi) is 7.80. The first-order valence-electron chi connectivity index (χ1n) is 13.1. The number of anilines is 2. The van der Waals surface area contributed by atoms with E-state index in [2.05, 4.69) is 20.2 Å². The number of hydrogen-bond acceptors (Lipinski definition) is 9. The van der Waals surface area contributed by atoms with Gasteiger partial charge in [-0.2, -0.15) is 0 Å².